The summed E-state index contributed by atoms with van der Waals surface area (Å²) in [6.07, 6.45) is 0. The number of H-pyrrole nitrogens is 1. The van der Waals surface area contributed by atoms with Gasteiger partial charge in [0, 0.05) is 32.7 Å². The zero-order valence-electron chi connectivity index (χ0n) is 20.6. The summed E-state index contributed by atoms with van der Waals surface area (Å²) < 4.78 is 21.3. The third kappa shape index (κ3) is 4.57. The number of methoxy groups -OCH3 is 2. The van der Waals surface area contributed by atoms with Crippen molar-refractivity contribution in [3.05, 3.63) is 47.7 Å². The van der Waals surface area contributed by atoms with Crippen LogP contribution in [0.2, 0.25) is 0 Å². The van der Waals surface area contributed by atoms with Gasteiger partial charge in [0.1, 0.15) is 11.4 Å². The van der Waals surface area contributed by atoms with Crippen molar-refractivity contribution < 1.29 is 28.5 Å². The molecule has 2 aromatic carbocycles. The predicted octanol–water partition coefficient (Wildman–Crippen LogP) is 2.84. The van der Waals surface area contributed by atoms with E-state index in [9.17, 15) is 9.59 Å². The summed E-state index contributed by atoms with van der Waals surface area (Å²) in [6, 6.07) is 11.1. The number of esters is 1. The zero-order chi connectivity index (χ0) is 25.2. The molecule has 10 heteroatoms. The summed E-state index contributed by atoms with van der Waals surface area (Å²) in [5, 5.41) is 3.60. The molecule has 0 spiro atoms. The summed E-state index contributed by atoms with van der Waals surface area (Å²) >= 11 is 0. The lowest BCUT2D eigenvalue weighted by Gasteiger charge is -2.37. The van der Waals surface area contributed by atoms with E-state index in [0.717, 1.165) is 44.2 Å². The summed E-state index contributed by atoms with van der Waals surface area (Å²) in [5.74, 6) is 1.37. The van der Waals surface area contributed by atoms with Gasteiger partial charge in [-0.3, -0.25) is 14.6 Å². The molecule has 36 heavy (non-hydrogen) atoms. The number of carbonyl (C=O) groups excluding carboxylic acids is 2. The van der Waals surface area contributed by atoms with Gasteiger partial charge in [-0.05, 0) is 36.8 Å². The molecule has 1 fully saturated rings. The first-order chi connectivity index (χ1) is 17.5. The quantitative estimate of drug-likeness (QED) is 0.483. The van der Waals surface area contributed by atoms with Crippen LogP contribution in [0.5, 0.6) is 17.2 Å². The lowest BCUT2D eigenvalue weighted by Crippen LogP contribution is -2.52. The number of ether oxygens (including phenoxy) is 4. The maximum absolute atomic E-state index is 13.3. The van der Waals surface area contributed by atoms with Crippen molar-refractivity contribution in [1.82, 2.24) is 14.8 Å². The Hall–Kier alpha value is -3.76. The Balaban J connectivity index is 1.25. The van der Waals surface area contributed by atoms with E-state index in [1.807, 2.05) is 31.2 Å². The Kier molecular flexibility index (Phi) is 6.71. The van der Waals surface area contributed by atoms with Gasteiger partial charge in [-0.15, -0.1) is 0 Å². The van der Waals surface area contributed by atoms with E-state index in [2.05, 4.69) is 26.2 Å². The van der Waals surface area contributed by atoms with E-state index in [-0.39, 0.29) is 24.4 Å². The molecule has 2 aliphatic heterocycles. The minimum atomic E-state index is -0.562. The van der Waals surface area contributed by atoms with Gasteiger partial charge in [0.25, 0.3) is 0 Å². The first-order valence-corrected chi connectivity index (χ1v) is 11.9. The number of benzene rings is 2. The number of anilines is 1. The van der Waals surface area contributed by atoms with Crippen molar-refractivity contribution in [2.24, 2.45) is 0 Å². The van der Waals surface area contributed by atoms with Gasteiger partial charge in [0.15, 0.2) is 11.5 Å². The molecule has 1 aromatic heterocycles. The van der Waals surface area contributed by atoms with E-state index < -0.39 is 5.97 Å². The van der Waals surface area contributed by atoms with E-state index in [0.29, 0.717) is 22.3 Å². The number of amides is 1. The Morgan fingerprint density at radius 1 is 1.08 bits per heavy atom. The van der Waals surface area contributed by atoms with Gasteiger partial charge in [-0.2, -0.15) is 0 Å². The number of hydrogen-bond acceptors (Lipinski definition) is 8. The predicted molar refractivity (Wildman–Crippen MR) is 134 cm³/mol. The van der Waals surface area contributed by atoms with Crippen LogP contribution in [0.4, 0.5) is 5.69 Å². The summed E-state index contributed by atoms with van der Waals surface area (Å²) in [6.45, 7) is 6.13. The molecule has 2 aliphatic rings. The second-order valence-electron chi connectivity index (χ2n) is 8.91. The number of nitrogens with zero attached hydrogens (tertiary/aromatic N) is 2. The molecule has 1 atom stereocenters. The Labute approximate surface area is 209 Å². The highest BCUT2D eigenvalue weighted by Crippen LogP contribution is 2.36. The highest BCUT2D eigenvalue weighted by molar-refractivity contribution is 6.13. The third-order valence-corrected chi connectivity index (χ3v) is 6.82. The fourth-order valence-corrected chi connectivity index (χ4v) is 4.77. The van der Waals surface area contributed by atoms with Crippen LogP contribution in [0.15, 0.2) is 36.4 Å². The minimum Gasteiger partial charge on any atom is -0.496 e. The molecule has 0 bridgehead atoms. The molecule has 3 aromatic rings. The van der Waals surface area contributed by atoms with Crippen LogP contribution < -0.4 is 19.5 Å². The van der Waals surface area contributed by atoms with Crippen molar-refractivity contribution in [3.63, 3.8) is 0 Å². The summed E-state index contributed by atoms with van der Waals surface area (Å²) in [5.41, 5.74) is 2.40. The normalized spacial score (nSPS) is 16.6. The average molecular weight is 495 g/mol. The minimum absolute atomic E-state index is 0.186. The maximum Gasteiger partial charge on any atom is 0.356 e. The van der Waals surface area contributed by atoms with E-state index in [1.165, 1.54) is 12.7 Å². The number of rotatable bonds is 7. The molecule has 0 aliphatic carbocycles. The highest BCUT2D eigenvalue weighted by Gasteiger charge is 2.29. The molecule has 0 unspecified atom stereocenters. The lowest BCUT2D eigenvalue weighted by atomic mass is 10.1. The Morgan fingerprint density at radius 3 is 2.61 bits per heavy atom. The molecule has 0 radical (unpaired) electrons. The van der Waals surface area contributed by atoms with Crippen molar-refractivity contribution in [2.45, 2.75) is 19.5 Å². The number of carbonyl (C=O) groups is 2. The van der Waals surface area contributed by atoms with Crippen LogP contribution in [-0.2, 0) is 16.1 Å². The number of nitrogens with one attached hydrogen (secondary N) is 2. The first kappa shape index (κ1) is 24.0. The van der Waals surface area contributed by atoms with E-state index in [4.69, 9.17) is 18.9 Å². The van der Waals surface area contributed by atoms with Gasteiger partial charge in [-0.1, -0.05) is 12.1 Å². The second kappa shape index (κ2) is 10.1. The molecule has 1 saturated heterocycles. The molecule has 190 valence electrons. The molecule has 10 nitrogen and oxygen atoms in total. The standard InChI is InChI=1S/C26H30N4O6/c1-16(30-11-9-29(10-12-30)14-17-7-8-19-21(13-17)36-15-35-19)25(31)28-23-22-18(5-4-6-20(22)33-2)27-24(23)26(32)34-3/h4-8,13,16,27H,9-12,14-15H2,1-3H3,(H,28,31)/t16-/m1/s1. The van der Waals surface area contributed by atoms with Crippen molar-refractivity contribution in [3.8, 4) is 17.2 Å². The number of aromatic nitrogens is 1. The molecule has 1 amide bonds. The van der Waals surface area contributed by atoms with Crippen LogP contribution >= 0.6 is 0 Å². The molecule has 0 saturated carbocycles. The highest BCUT2D eigenvalue weighted by atomic mass is 16.7. The molecule has 3 heterocycles. The second-order valence-corrected chi connectivity index (χ2v) is 8.91. The smallest absolute Gasteiger partial charge is 0.356 e. The summed E-state index contributed by atoms with van der Waals surface area (Å²) in [4.78, 5) is 33.3. The van der Waals surface area contributed by atoms with Crippen molar-refractivity contribution in [1.29, 1.82) is 0 Å². The maximum atomic E-state index is 13.3. The lowest BCUT2D eigenvalue weighted by molar-refractivity contribution is -0.121. The van der Waals surface area contributed by atoms with E-state index in [1.54, 1.807) is 13.2 Å². The largest absolute Gasteiger partial charge is 0.496 e. The monoisotopic (exact) mass is 494 g/mol. The van der Waals surface area contributed by atoms with Crippen LogP contribution in [0.25, 0.3) is 10.9 Å². The first-order valence-electron chi connectivity index (χ1n) is 11.9. The Morgan fingerprint density at radius 2 is 1.86 bits per heavy atom. The van der Waals surface area contributed by atoms with E-state index >= 15 is 0 Å². The molecular formula is C26H30N4O6. The molecular weight excluding hydrogens is 464 g/mol. The summed E-state index contributed by atoms with van der Waals surface area (Å²) in [7, 11) is 2.86. The number of aromatic amines is 1. The van der Waals surface area contributed by atoms with Crippen LogP contribution in [0.3, 0.4) is 0 Å². The Bertz CT molecular complexity index is 1280. The van der Waals surface area contributed by atoms with Gasteiger partial charge in [-0.25, -0.2) is 4.79 Å². The molecule has 5 rings (SSSR count). The van der Waals surface area contributed by atoms with Crippen LogP contribution in [0, 0.1) is 0 Å². The fraction of sp³-hybridized carbons (Fsp3) is 0.385. The number of piperazine rings is 1. The van der Waals surface area contributed by atoms with Gasteiger partial charge in [0.05, 0.1) is 36.9 Å². The topological polar surface area (TPSA) is 105 Å². The van der Waals surface area contributed by atoms with Crippen molar-refractivity contribution in [2.75, 3.05) is 52.5 Å². The van der Waals surface area contributed by atoms with Gasteiger partial charge in [0.2, 0.25) is 12.7 Å². The fourth-order valence-electron chi connectivity index (χ4n) is 4.77. The zero-order valence-corrected chi connectivity index (χ0v) is 20.6. The van der Waals surface area contributed by atoms with Crippen LogP contribution in [-0.4, -0.2) is 79.9 Å². The van der Waals surface area contributed by atoms with Gasteiger partial charge >= 0.3 is 5.97 Å². The van der Waals surface area contributed by atoms with Gasteiger partial charge < -0.3 is 29.2 Å². The number of fused-ring (bicyclic) bond motifs is 2. The SMILES string of the molecule is COC(=O)c1[nH]c2cccc(OC)c2c1NC(=O)[C@@H](C)N1CCN(Cc2ccc3c(c2)OCO3)CC1. The average Bonchev–Trinajstić information content (AvgIpc) is 3.52. The third-order valence-electron chi connectivity index (χ3n) is 6.82. The molecule has 2 N–H and O–H groups in total. The van der Waals surface area contributed by atoms with Crippen LogP contribution in [0.1, 0.15) is 23.0 Å². The van der Waals surface area contributed by atoms with Crippen molar-refractivity contribution >= 4 is 28.5 Å². The number of hydrogen-bond donors (Lipinski definition) is 2.